The first-order chi connectivity index (χ1) is 9.54. The molecule has 6 heteroatoms. The smallest absolute Gasteiger partial charge is 0.316 e. The summed E-state index contributed by atoms with van der Waals surface area (Å²) in [6.07, 6.45) is 0. The second-order valence-corrected chi connectivity index (χ2v) is 5.02. The van der Waals surface area contributed by atoms with Crippen LogP contribution in [0.4, 0.5) is 20.6 Å². The fourth-order valence-electron chi connectivity index (χ4n) is 1.67. The van der Waals surface area contributed by atoms with Gasteiger partial charge in [0.15, 0.2) is 0 Å². The molecule has 0 saturated carbocycles. The quantitative estimate of drug-likeness (QED) is 0.796. The highest BCUT2D eigenvalue weighted by Crippen LogP contribution is 2.18. The van der Waals surface area contributed by atoms with Gasteiger partial charge in [-0.05, 0) is 57.9 Å². The lowest BCUT2D eigenvalue weighted by Gasteiger charge is -2.08. The number of nitrogens with one attached hydrogen (secondary N) is 2. The Labute approximate surface area is 124 Å². The number of rotatable bonds is 4. The molecule has 2 rings (SSSR count). The average Bonchev–Trinajstić information content (AvgIpc) is 2.41. The molecule has 2 aromatic rings. The molecule has 2 amide bonds. The number of urea groups is 1. The molecular weight excluding hydrogens is 325 g/mol. The standard InChI is InChI=1S/C14H13BrFN3O/c15-12-6-1-9(7-13(12)16)8-18-10-2-4-11(5-3-10)19-14(17)20/h1-7,18H,8H2,(H3,17,19,20). The van der Waals surface area contributed by atoms with Crippen molar-refractivity contribution in [1.29, 1.82) is 0 Å². The molecule has 0 aliphatic carbocycles. The summed E-state index contributed by atoms with van der Waals surface area (Å²) >= 11 is 3.11. The lowest BCUT2D eigenvalue weighted by atomic mass is 10.2. The average molecular weight is 338 g/mol. The van der Waals surface area contributed by atoms with Gasteiger partial charge in [-0.3, -0.25) is 0 Å². The molecule has 0 aliphatic heterocycles. The maximum Gasteiger partial charge on any atom is 0.316 e. The number of nitrogens with two attached hydrogens (primary N) is 1. The van der Waals surface area contributed by atoms with Gasteiger partial charge < -0.3 is 16.4 Å². The number of primary amides is 1. The highest BCUT2D eigenvalue weighted by molar-refractivity contribution is 9.10. The lowest BCUT2D eigenvalue weighted by molar-refractivity contribution is 0.259. The van der Waals surface area contributed by atoms with Crippen LogP contribution in [0.3, 0.4) is 0 Å². The highest BCUT2D eigenvalue weighted by Gasteiger charge is 2.01. The van der Waals surface area contributed by atoms with Crippen LogP contribution >= 0.6 is 15.9 Å². The number of halogens is 2. The van der Waals surface area contributed by atoms with Gasteiger partial charge in [0, 0.05) is 17.9 Å². The van der Waals surface area contributed by atoms with Crippen LogP contribution in [0.15, 0.2) is 46.9 Å². The third kappa shape index (κ3) is 3.96. The van der Waals surface area contributed by atoms with Crippen molar-refractivity contribution in [1.82, 2.24) is 0 Å². The topological polar surface area (TPSA) is 67.2 Å². The summed E-state index contributed by atoms with van der Waals surface area (Å²) in [5.74, 6) is -0.287. The van der Waals surface area contributed by atoms with E-state index >= 15 is 0 Å². The molecule has 0 heterocycles. The summed E-state index contributed by atoms with van der Waals surface area (Å²) in [7, 11) is 0. The first-order valence-electron chi connectivity index (χ1n) is 5.89. The molecule has 4 N–H and O–H groups in total. The van der Waals surface area contributed by atoms with E-state index in [2.05, 4.69) is 26.6 Å². The molecule has 0 spiro atoms. The van der Waals surface area contributed by atoms with Gasteiger partial charge in [-0.2, -0.15) is 0 Å². The number of carbonyl (C=O) groups is 1. The third-order valence-electron chi connectivity index (χ3n) is 2.63. The van der Waals surface area contributed by atoms with Gasteiger partial charge >= 0.3 is 6.03 Å². The molecule has 0 aliphatic rings. The van der Waals surface area contributed by atoms with Gasteiger partial charge in [-0.25, -0.2) is 9.18 Å². The predicted molar refractivity (Wildman–Crippen MR) is 81.1 cm³/mol. The summed E-state index contributed by atoms with van der Waals surface area (Å²) < 4.78 is 13.8. The van der Waals surface area contributed by atoms with Crippen LogP contribution < -0.4 is 16.4 Å². The monoisotopic (exact) mass is 337 g/mol. The van der Waals surface area contributed by atoms with Gasteiger partial charge in [0.05, 0.1) is 4.47 Å². The van der Waals surface area contributed by atoms with Crippen LogP contribution in [0.5, 0.6) is 0 Å². The molecule has 0 saturated heterocycles. The van der Waals surface area contributed by atoms with E-state index in [0.717, 1.165) is 11.3 Å². The van der Waals surface area contributed by atoms with Crippen molar-refractivity contribution >= 4 is 33.3 Å². The zero-order valence-corrected chi connectivity index (χ0v) is 12.1. The van der Waals surface area contributed by atoms with Gasteiger partial charge in [-0.15, -0.1) is 0 Å². The van der Waals surface area contributed by atoms with Crippen molar-refractivity contribution in [3.05, 3.63) is 58.3 Å². The van der Waals surface area contributed by atoms with E-state index in [-0.39, 0.29) is 5.82 Å². The minimum absolute atomic E-state index is 0.287. The van der Waals surface area contributed by atoms with Crippen LogP contribution in [0.1, 0.15) is 5.56 Å². The van der Waals surface area contributed by atoms with Crippen LogP contribution in [0.25, 0.3) is 0 Å². The Hall–Kier alpha value is -2.08. The highest BCUT2D eigenvalue weighted by atomic mass is 79.9. The number of amides is 2. The molecule has 0 radical (unpaired) electrons. The van der Waals surface area contributed by atoms with E-state index in [1.54, 1.807) is 30.3 Å². The fraction of sp³-hybridized carbons (Fsp3) is 0.0714. The molecule has 0 fully saturated rings. The van der Waals surface area contributed by atoms with E-state index in [1.165, 1.54) is 6.07 Å². The Morgan fingerprint density at radius 1 is 1.15 bits per heavy atom. The zero-order chi connectivity index (χ0) is 14.5. The van der Waals surface area contributed by atoms with E-state index in [0.29, 0.717) is 16.7 Å². The van der Waals surface area contributed by atoms with Crippen molar-refractivity contribution in [3.8, 4) is 0 Å². The van der Waals surface area contributed by atoms with Crippen molar-refractivity contribution in [2.75, 3.05) is 10.6 Å². The predicted octanol–water partition coefficient (Wildman–Crippen LogP) is 3.69. The van der Waals surface area contributed by atoms with Crippen molar-refractivity contribution < 1.29 is 9.18 Å². The Balaban J connectivity index is 1.96. The van der Waals surface area contributed by atoms with Crippen molar-refractivity contribution in [2.24, 2.45) is 5.73 Å². The minimum atomic E-state index is -0.601. The SMILES string of the molecule is NC(=O)Nc1ccc(NCc2ccc(Br)c(F)c2)cc1. The Morgan fingerprint density at radius 3 is 2.40 bits per heavy atom. The van der Waals surface area contributed by atoms with E-state index in [1.807, 2.05) is 6.07 Å². The van der Waals surface area contributed by atoms with E-state index < -0.39 is 6.03 Å². The lowest BCUT2D eigenvalue weighted by Crippen LogP contribution is -2.19. The van der Waals surface area contributed by atoms with Crippen molar-refractivity contribution in [3.63, 3.8) is 0 Å². The second-order valence-electron chi connectivity index (χ2n) is 4.17. The number of carbonyl (C=O) groups excluding carboxylic acids is 1. The van der Waals surface area contributed by atoms with E-state index in [4.69, 9.17) is 5.73 Å². The molecule has 104 valence electrons. The molecule has 0 unspecified atom stereocenters. The van der Waals surface area contributed by atoms with Gasteiger partial charge in [0.1, 0.15) is 5.82 Å². The Kier molecular flexibility index (Phi) is 4.57. The van der Waals surface area contributed by atoms with Gasteiger partial charge in [0.25, 0.3) is 0 Å². The third-order valence-corrected chi connectivity index (χ3v) is 3.28. The van der Waals surface area contributed by atoms with E-state index in [9.17, 15) is 9.18 Å². The summed E-state index contributed by atoms with van der Waals surface area (Å²) in [5, 5.41) is 5.64. The number of hydrogen-bond acceptors (Lipinski definition) is 2. The largest absolute Gasteiger partial charge is 0.381 e. The van der Waals surface area contributed by atoms with Crippen LogP contribution in [0, 0.1) is 5.82 Å². The normalized spacial score (nSPS) is 10.1. The fourth-order valence-corrected chi connectivity index (χ4v) is 1.91. The summed E-state index contributed by atoms with van der Waals surface area (Å²) in [4.78, 5) is 10.7. The minimum Gasteiger partial charge on any atom is -0.381 e. The zero-order valence-electron chi connectivity index (χ0n) is 10.5. The molecule has 0 bridgehead atoms. The molecule has 20 heavy (non-hydrogen) atoms. The maximum atomic E-state index is 13.4. The second kappa shape index (κ2) is 6.38. The summed E-state index contributed by atoms with van der Waals surface area (Å²) in [5.41, 5.74) is 7.34. The Morgan fingerprint density at radius 2 is 1.80 bits per heavy atom. The maximum absolute atomic E-state index is 13.4. The van der Waals surface area contributed by atoms with Crippen LogP contribution in [-0.4, -0.2) is 6.03 Å². The number of hydrogen-bond donors (Lipinski definition) is 3. The molecule has 0 aromatic heterocycles. The molecular formula is C14H13BrFN3O. The van der Waals surface area contributed by atoms with Gasteiger partial charge in [-0.1, -0.05) is 6.07 Å². The molecule has 2 aromatic carbocycles. The number of anilines is 2. The summed E-state index contributed by atoms with van der Waals surface area (Å²) in [6.45, 7) is 0.507. The molecule has 4 nitrogen and oxygen atoms in total. The van der Waals surface area contributed by atoms with Crippen LogP contribution in [-0.2, 0) is 6.54 Å². The first-order valence-corrected chi connectivity index (χ1v) is 6.68. The number of benzene rings is 2. The van der Waals surface area contributed by atoms with Gasteiger partial charge in [0.2, 0.25) is 0 Å². The van der Waals surface area contributed by atoms with Crippen molar-refractivity contribution in [2.45, 2.75) is 6.54 Å². The first kappa shape index (κ1) is 14.3. The summed E-state index contributed by atoms with van der Waals surface area (Å²) in [6, 6.07) is 11.5. The Bertz CT molecular complexity index is 616. The molecule has 0 atom stereocenters. The van der Waals surface area contributed by atoms with Crippen LogP contribution in [0.2, 0.25) is 0 Å².